The van der Waals surface area contributed by atoms with Crippen LogP contribution in [-0.4, -0.2) is 54.9 Å². The third-order valence-electron chi connectivity index (χ3n) is 7.52. The van der Waals surface area contributed by atoms with Crippen LogP contribution >= 0.6 is 11.6 Å². The second-order valence-corrected chi connectivity index (χ2v) is 10.5. The molecule has 4 heterocycles. The Labute approximate surface area is 209 Å². The van der Waals surface area contributed by atoms with Crippen LogP contribution in [0.3, 0.4) is 0 Å². The summed E-state index contributed by atoms with van der Waals surface area (Å²) < 4.78 is 7.76. The normalized spacial score (nSPS) is 19.3. The first-order chi connectivity index (χ1) is 16.9. The van der Waals surface area contributed by atoms with Gasteiger partial charge in [-0.05, 0) is 49.9 Å². The van der Waals surface area contributed by atoms with Gasteiger partial charge in [-0.3, -0.25) is 14.5 Å². The number of amides is 1. The van der Waals surface area contributed by atoms with Crippen LogP contribution in [0.2, 0.25) is 5.02 Å². The zero-order chi connectivity index (χ0) is 24.2. The van der Waals surface area contributed by atoms with E-state index in [-0.39, 0.29) is 12.2 Å². The molecule has 3 aromatic rings. The summed E-state index contributed by atoms with van der Waals surface area (Å²) in [6.45, 7) is 6.63. The minimum Gasteiger partial charge on any atom is -0.446 e. The van der Waals surface area contributed by atoms with Crippen LogP contribution < -0.4 is 4.90 Å². The molecular formula is C25H28ClN7O2. The molecule has 2 aromatic heterocycles. The van der Waals surface area contributed by atoms with Crippen LogP contribution in [0, 0.1) is 5.41 Å². The van der Waals surface area contributed by atoms with E-state index in [2.05, 4.69) is 29.6 Å². The van der Waals surface area contributed by atoms with Crippen LogP contribution in [0.15, 0.2) is 36.8 Å². The molecule has 0 bridgehead atoms. The Hall–Kier alpha value is -3.20. The molecule has 0 radical (unpaired) electrons. The molecule has 35 heavy (non-hydrogen) atoms. The summed E-state index contributed by atoms with van der Waals surface area (Å²) in [4.78, 5) is 25.5. The molecule has 1 saturated heterocycles. The molecule has 182 valence electrons. The van der Waals surface area contributed by atoms with Gasteiger partial charge in [-0.25, -0.2) is 9.78 Å². The number of halogens is 1. The maximum absolute atomic E-state index is 12.9. The first kappa shape index (κ1) is 22.3. The monoisotopic (exact) mass is 493 g/mol. The highest BCUT2D eigenvalue weighted by atomic mass is 35.5. The van der Waals surface area contributed by atoms with Crippen molar-refractivity contribution in [3.63, 3.8) is 0 Å². The van der Waals surface area contributed by atoms with Gasteiger partial charge < -0.3 is 9.64 Å². The van der Waals surface area contributed by atoms with Crippen LogP contribution in [0.25, 0.3) is 5.69 Å². The molecule has 1 saturated carbocycles. The standard InChI is InChI=1S/C25H28ClN7O2/c1-3-16(2)35-24(34)31-12-17-8-19(26)4-5-20(17)33-22(13-31)29-30-23(33)18-9-25(10-18)14-32(15-25)21-11-27-6-7-28-21/h4-8,11,16,18H,3,9-10,12-15H2,1-2H3/t16-/m0/s1. The van der Waals surface area contributed by atoms with Crippen molar-refractivity contribution in [3.8, 4) is 5.69 Å². The quantitative estimate of drug-likeness (QED) is 0.533. The molecule has 1 aliphatic carbocycles. The molecule has 2 aliphatic heterocycles. The number of nitrogens with zero attached hydrogens (tertiary/aromatic N) is 7. The Kier molecular flexibility index (Phi) is 5.40. The van der Waals surface area contributed by atoms with Gasteiger partial charge in [0.2, 0.25) is 0 Å². The number of ether oxygens (including phenoxy) is 1. The predicted octanol–water partition coefficient (Wildman–Crippen LogP) is 4.35. The van der Waals surface area contributed by atoms with Crippen LogP contribution in [-0.2, 0) is 17.8 Å². The fourth-order valence-electron chi connectivity index (χ4n) is 5.56. The van der Waals surface area contributed by atoms with E-state index in [1.54, 1.807) is 17.3 Å². The van der Waals surface area contributed by atoms with Gasteiger partial charge in [0.25, 0.3) is 0 Å². The summed E-state index contributed by atoms with van der Waals surface area (Å²) >= 11 is 6.34. The lowest BCUT2D eigenvalue weighted by Gasteiger charge is -2.59. The maximum atomic E-state index is 12.9. The van der Waals surface area contributed by atoms with E-state index >= 15 is 0 Å². The van der Waals surface area contributed by atoms with E-state index in [0.717, 1.165) is 61.1 Å². The van der Waals surface area contributed by atoms with E-state index in [1.165, 1.54) is 0 Å². The lowest BCUT2D eigenvalue weighted by molar-refractivity contribution is 0.0580. The van der Waals surface area contributed by atoms with Gasteiger partial charge in [0.05, 0.1) is 25.0 Å². The molecule has 1 atom stereocenters. The number of hydrogen-bond donors (Lipinski definition) is 0. The predicted molar refractivity (Wildman–Crippen MR) is 131 cm³/mol. The summed E-state index contributed by atoms with van der Waals surface area (Å²) in [7, 11) is 0. The van der Waals surface area contributed by atoms with E-state index in [4.69, 9.17) is 16.3 Å². The van der Waals surface area contributed by atoms with E-state index in [9.17, 15) is 4.79 Å². The fourth-order valence-corrected chi connectivity index (χ4v) is 5.75. The smallest absolute Gasteiger partial charge is 0.410 e. The highest BCUT2D eigenvalue weighted by Gasteiger charge is 2.54. The third-order valence-corrected chi connectivity index (χ3v) is 7.75. The van der Waals surface area contributed by atoms with Crippen molar-refractivity contribution in [2.24, 2.45) is 5.41 Å². The van der Waals surface area contributed by atoms with Crippen molar-refractivity contribution in [2.45, 2.75) is 58.2 Å². The summed E-state index contributed by atoms with van der Waals surface area (Å²) in [6.07, 6.45) is 7.65. The van der Waals surface area contributed by atoms with Gasteiger partial charge in [-0.2, -0.15) is 0 Å². The molecule has 1 aromatic carbocycles. The first-order valence-electron chi connectivity index (χ1n) is 12.1. The average molecular weight is 494 g/mol. The van der Waals surface area contributed by atoms with Gasteiger partial charge in [-0.15, -0.1) is 10.2 Å². The molecule has 6 rings (SSSR count). The van der Waals surface area contributed by atoms with Crippen molar-refractivity contribution in [3.05, 3.63) is 59.0 Å². The lowest BCUT2D eigenvalue weighted by Crippen LogP contribution is -2.62. The molecule has 10 heteroatoms. The second-order valence-electron chi connectivity index (χ2n) is 10.1. The zero-order valence-corrected chi connectivity index (χ0v) is 20.6. The molecule has 3 aliphatic rings. The highest BCUT2D eigenvalue weighted by molar-refractivity contribution is 6.30. The fraction of sp³-hybridized carbons (Fsp3) is 0.480. The molecule has 1 amide bonds. The Balaban J connectivity index is 1.24. The molecule has 0 unspecified atom stereocenters. The molecule has 2 fully saturated rings. The van der Waals surface area contributed by atoms with Crippen molar-refractivity contribution < 1.29 is 9.53 Å². The Bertz CT molecular complexity index is 1250. The summed E-state index contributed by atoms with van der Waals surface area (Å²) in [5.41, 5.74) is 2.25. The molecule has 1 spiro atoms. The van der Waals surface area contributed by atoms with E-state index in [1.807, 2.05) is 38.2 Å². The number of carbonyl (C=O) groups is 1. The number of fused-ring (bicyclic) bond motifs is 3. The lowest BCUT2D eigenvalue weighted by atomic mass is 9.57. The Morgan fingerprint density at radius 3 is 2.80 bits per heavy atom. The second kappa shape index (κ2) is 8.48. The number of rotatable bonds is 4. The number of benzene rings is 1. The third kappa shape index (κ3) is 3.91. The zero-order valence-electron chi connectivity index (χ0n) is 19.9. The topological polar surface area (TPSA) is 89.3 Å². The molecule has 9 nitrogen and oxygen atoms in total. The van der Waals surface area contributed by atoms with E-state index in [0.29, 0.717) is 29.4 Å². The molecular weight excluding hydrogens is 466 g/mol. The van der Waals surface area contributed by atoms with Crippen molar-refractivity contribution in [1.29, 1.82) is 0 Å². The van der Waals surface area contributed by atoms with Crippen molar-refractivity contribution in [2.75, 3.05) is 18.0 Å². The highest BCUT2D eigenvalue weighted by Crippen LogP contribution is 2.56. The van der Waals surface area contributed by atoms with Crippen LogP contribution in [0.1, 0.15) is 56.2 Å². The SMILES string of the molecule is CC[C@H](C)OC(=O)N1Cc2cc(Cl)ccc2-n2c(nnc2C2CC3(C2)CN(c2cnccn2)C3)C1. The Morgan fingerprint density at radius 2 is 2.06 bits per heavy atom. The number of hydrogen-bond acceptors (Lipinski definition) is 7. The number of aromatic nitrogens is 5. The van der Waals surface area contributed by atoms with Crippen LogP contribution in [0.5, 0.6) is 0 Å². The Morgan fingerprint density at radius 1 is 1.23 bits per heavy atom. The van der Waals surface area contributed by atoms with Crippen LogP contribution in [0.4, 0.5) is 10.6 Å². The van der Waals surface area contributed by atoms with E-state index < -0.39 is 0 Å². The van der Waals surface area contributed by atoms with Gasteiger partial charge in [-0.1, -0.05) is 18.5 Å². The number of anilines is 1. The van der Waals surface area contributed by atoms with Gasteiger partial charge in [0, 0.05) is 41.8 Å². The van der Waals surface area contributed by atoms with Gasteiger partial charge >= 0.3 is 6.09 Å². The minimum absolute atomic E-state index is 0.145. The minimum atomic E-state index is -0.343. The van der Waals surface area contributed by atoms with Crippen molar-refractivity contribution >= 4 is 23.5 Å². The molecule has 0 N–H and O–H groups in total. The summed E-state index contributed by atoms with van der Waals surface area (Å²) in [6, 6.07) is 5.81. The summed E-state index contributed by atoms with van der Waals surface area (Å²) in [5.74, 6) is 2.97. The summed E-state index contributed by atoms with van der Waals surface area (Å²) in [5, 5.41) is 9.79. The van der Waals surface area contributed by atoms with Crippen molar-refractivity contribution in [1.82, 2.24) is 29.6 Å². The van der Waals surface area contributed by atoms with Gasteiger partial charge in [0.1, 0.15) is 17.7 Å². The largest absolute Gasteiger partial charge is 0.446 e. The maximum Gasteiger partial charge on any atom is 0.410 e. The first-order valence-corrected chi connectivity index (χ1v) is 12.5. The average Bonchev–Trinajstić information content (AvgIpc) is 3.12. The number of carbonyl (C=O) groups excluding carboxylic acids is 1. The van der Waals surface area contributed by atoms with Gasteiger partial charge in [0.15, 0.2) is 5.82 Å².